The molecule has 1 N–H and O–H groups in total. The number of nitrogens with zero attached hydrogens (tertiary/aromatic N) is 5. The van der Waals surface area contributed by atoms with Crippen molar-refractivity contribution < 1.29 is 60.1 Å². The van der Waals surface area contributed by atoms with Crippen molar-refractivity contribution in [2.45, 2.75) is 81.9 Å². The first-order valence-electron chi connectivity index (χ1n) is 21.9. The molecule has 24 heteroatoms. The average molecular weight is 1090 g/mol. The molecule has 1 aliphatic rings. The van der Waals surface area contributed by atoms with E-state index < -0.39 is 54.6 Å². The van der Waals surface area contributed by atoms with Gasteiger partial charge in [0.1, 0.15) is 22.3 Å². The molecule has 1 fully saturated rings. The van der Waals surface area contributed by atoms with Gasteiger partial charge in [0.05, 0.1) is 108 Å². The highest BCUT2D eigenvalue weighted by atomic mass is 35.5. The van der Waals surface area contributed by atoms with Crippen LogP contribution in [0.15, 0.2) is 103 Å². The smallest absolute Gasteiger partial charge is 0.497 e. The first kappa shape index (κ1) is 66.5. The van der Waals surface area contributed by atoms with E-state index in [2.05, 4.69) is 19.9 Å². The molecule has 0 atom stereocenters. The van der Waals surface area contributed by atoms with Gasteiger partial charge in [0.25, 0.3) is 11.4 Å². The van der Waals surface area contributed by atoms with Crippen LogP contribution in [0.3, 0.4) is 0 Å². The summed E-state index contributed by atoms with van der Waals surface area (Å²) in [6, 6.07) is 26.0. The lowest BCUT2D eigenvalue weighted by Gasteiger charge is -2.32. The Morgan fingerprint density at radius 2 is 1.11 bits per heavy atom. The van der Waals surface area contributed by atoms with Gasteiger partial charge in [-0.2, -0.15) is 13.2 Å². The number of nitro benzene ring substituents is 2. The second-order valence-electron chi connectivity index (χ2n) is 15.6. The van der Waals surface area contributed by atoms with Crippen molar-refractivity contribution in [3.63, 3.8) is 0 Å². The molecule has 75 heavy (non-hydrogen) atoms. The molecule has 0 radical (unpaired) electrons. The summed E-state index contributed by atoms with van der Waals surface area (Å²) < 4.78 is 80.8. The van der Waals surface area contributed by atoms with E-state index in [0.717, 1.165) is 22.2 Å². The third-order valence-corrected chi connectivity index (χ3v) is 12.0. The zero-order valence-corrected chi connectivity index (χ0v) is 42.8. The van der Waals surface area contributed by atoms with Crippen molar-refractivity contribution in [3.05, 3.63) is 146 Å². The first-order valence-corrected chi connectivity index (χ1v) is 23.4. The van der Waals surface area contributed by atoms with Crippen LogP contribution in [0.25, 0.3) is 33.2 Å². The number of methoxy groups -OCH3 is 3. The highest BCUT2D eigenvalue weighted by molar-refractivity contribution is 7.41. The lowest BCUT2D eigenvalue weighted by Crippen LogP contribution is -2.41. The van der Waals surface area contributed by atoms with Crippen molar-refractivity contribution in [3.8, 4) is 28.5 Å². The van der Waals surface area contributed by atoms with E-state index in [9.17, 15) is 33.4 Å². The van der Waals surface area contributed by atoms with Gasteiger partial charge in [-0.25, -0.2) is 15.0 Å². The Balaban J connectivity index is 0.000000471. The minimum atomic E-state index is -1.06. The van der Waals surface area contributed by atoms with Gasteiger partial charge in [-0.3, -0.25) is 20.2 Å². The molecule has 18 nitrogen and oxygen atoms in total. The summed E-state index contributed by atoms with van der Waals surface area (Å²) in [5.41, 5.74) is 2.14. The number of hydrogen-bond donors (Lipinski definition) is 1. The van der Waals surface area contributed by atoms with Gasteiger partial charge in [-0.1, -0.05) is 46.0 Å². The van der Waals surface area contributed by atoms with Gasteiger partial charge in [-0.15, -0.1) is 0 Å². The standard InChI is InChI=1S/C12H9FN2O3.C12H9FN2O.C11H15BFNO2.C7H6ClNO3.C6H15O3P.3CH4/c1-18-8-5-6-9(11(7-8)15(16)17)10-3-2-4-12(13)14-10;1-16-7-2-3-8-10(6-7)14-9-4-5-11(13)15-12(8)9;1-10(2)11(3,4)16-12(15-10)8-6-5-7-9(13)14-8;1-12-5-2-3-6(8)7(4-5)9(10)11;1-4-7-10(8-5-2)9-6-3;;;/h2-7H,1H3;2-6,14H,1H3;5-7H,1-4H3;2-4H,1H3;4-6H2,1-3H3;3*1H4. The Morgan fingerprint density at radius 3 is 1.61 bits per heavy atom. The molecule has 0 unspecified atom stereocenters. The molecule has 0 spiro atoms. The van der Waals surface area contributed by atoms with E-state index in [-0.39, 0.29) is 49.9 Å². The fraction of sp³-hybridized carbons (Fsp3) is 0.353. The molecule has 3 aromatic carbocycles. The molecule has 1 saturated heterocycles. The van der Waals surface area contributed by atoms with Crippen LogP contribution in [0.5, 0.6) is 17.2 Å². The second-order valence-corrected chi connectivity index (χ2v) is 17.2. The number of nitrogens with one attached hydrogen (secondary N) is 1. The van der Waals surface area contributed by atoms with Crippen LogP contribution in [-0.4, -0.2) is 89.3 Å². The third kappa shape index (κ3) is 19.0. The van der Waals surface area contributed by atoms with Crippen molar-refractivity contribution in [2.24, 2.45) is 0 Å². The quantitative estimate of drug-likeness (QED) is 0.0374. The van der Waals surface area contributed by atoms with Crippen LogP contribution in [0.2, 0.25) is 5.02 Å². The maximum Gasteiger partial charge on any atom is 0.514 e. The van der Waals surface area contributed by atoms with Crippen molar-refractivity contribution in [1.82, 2.24) is 19.9 Å². The minimum absolute atomic E-state index is 0. The molecule has 408 valence electrons. The zero-order chi connectivity index (χ0) is 53.2. The van der Waals surface area contributed by atoms with E-state index in [1.54, 1.807) is 37.4 Å². The minimum Gasteiger partial charge on any atom is -0.497 e. The molecule has 0 saturated carbocycles. The summed E-state index contributed by atoms with van der Waals surface area (Å²) in [5, 5.41) is 22.3. The summed E-state index contributed by atoms with van der Waals surface area (Å²) >= 11 is 5.55. The average Bonchev–Trinajstić information content (AvgIpc) is 3.82. The normalized spacial score (nSPS) is 12.5. The maximum atomic E-state index is 13.0. The van der Waals surface area contributed by atoms with Crippen LogP contribution in [0, 0.1) is 38.1 Å². The van der Waals surface area contributed by atoms with Crippen molar-refractivity contribution >= 4 is 66.2 Å². The molecule has 0 bridgehead atoms. The zero-order valence-electron chi connectivity index (χ0n) is 41.1. The van der Waals surface area contributed by atoms with Gasteiger partial charge in [0.2, 0.25) is 17.8 Å². The maximum absolute atomic E-state index is 13.0. The molecular weight excluding hydrogens is 1020 g/mol. The number of benzene rings is 3. The number of aromatic nitrogens is 4. The summed E-state index contributed by atoms with van der Waals surface area (Å²) in [6.07, 6.45) is 0. The summed E-state index contributed by atoms with van der Waals surface area (Å²) in [5.74, 6) is -0.124. The van der Waals surface area contributed by atoms with Crippen molar-refractivity contribution in [1.29, 1.82) is 0 Å². The largest absolute Gasteiger partial charge is 0.514 e. The highest BCUT2D eigenvalue weighted by Gasteiger charge is 2.52. The van der Waals surface area contributed by atoms with Gasteiger partial charge in [0.15, 0.2) is 0 Å². The fourth-order valence-electron chi connectivity index (χ4n) is 6.12. The van der Waals surface area contributed by atoms with E-state index in [0.29, 0.717) is 42.4 Å². The molecule has 4 aromatic heterocycles. The summed E-state index contributed by atoms with van der Waals surface area (Å²) in [6.45, 7) is 15.5. The van der Waals surface area contributed by atoms with Gasteiger partial charge in [0, 0.05) is 11.5 Å². The van der Waals surface area contributed by atoms with Crippen LogP contribution in [-0.2, 0) is 22.9 Å². The van der Waals surface area contributed by atoms with Gasteiger partial charge in [-0.05, 0) is 121 Å². The van der Waals surface area contributed by atoms with E-state index in [1.807, 2.05) is 66.7 Å². The number of fused-ring (bicyclic) bond motifs is 3. The molecule has 8 rings (SSSR count). The number of ether oxygens (including phenoxy) is 3. The van der Waals surface area contributed by atoms with Crippen LogP contribution < -0.4 is 19.8 Å². The Kier molecular flexibility index (Phi) is 27.8. The molecular formula is C51H66BClF3N6O12P. The predicted molar refractivity (Wildman–Crippen MR) is 290 cm³/mol. The number of H-pyrrole nitrogens is 1. The number of hydrogen-bond acceptors (Lipinski definition) is 15. The molecule has 5 heterocycles. The molecule has 7 aromatic rings. The topological polar surface area (TPSA) is 215 Å². The monoisotopic (exact) mass is 1090 g/mol. The molecule has 0 aliphatic carbocycles. The Morgan fingerprint density at radius 1 is 0.627 bits per heavy atom. The number of nitro groups is 2. The number of halogens is 4. The van der Waals surface area contributed by atoms with Gasteiger partial charge < -0.3 is 42.1 Å². The Hall–Kier alpha value is -6.52. The number of rotatable bonds is 13. The van der Waals surface area contributed by atoms with Gasteiger partial charge >= 0.3 is 15.7 Å². The van der Waals surface area contributed by atoms with Crippen LogP contribution in [0.1, 0.15) is 70.7 Å². The number of pyridine rings is 3. The number of aromatic amines is 1. The predicted octanol–water partition coefficient (Wildman–Crippen LogP) is 13.7. The highest BCUT2D eigenvalue weighted by Crippen LogP contribution is 2.39. The SMILES string of the molecule is C.C.C.CC1(C)OB(c2cccc(F)n2)OC1(C)C.CCOP(OCC)OCC.COc1ccc(-c2cccc(F)n2)c([N+](=O)[O-])c1.COc1ccc(Cl)c([N+](=O)[O-])c1.COc1ccc2c(c1)[nH]c1ccc(F)nc12. The third-order valence-electron chi connectivity index (χ3n) is 10.3. The summed E-state index contributed by atoms with van der Waals surface area (Å²) in [7, 11) is 2.81. The van der Waals surface area contributed by atoms with Crippen LogP contribution >= 0.6 is 20.2 Å². The van der Waals surface area contributed by atoms with Crippen LogP contribution in [0.4, 0.5) is 24.5 Å². The Labute approximate surface area is 442 Å². The van der Waals surface area contributed by atoms with Crippen molar-refractivity contribution in [2.75, 3.05) is 41.2 Å². The molecule has 1 aliphatic heterocycles. The first-order chi connectivity index (χ1) is 34.2. The van der Waals surface area contributed by atoms with E-state index >= 15 is 0 Å². The lowest BCUT2D eigenvalue weighted by molar-refractivity contribution is -0.384. The van der Waals surface area contributed by atoms with E-state index in [4.69, 9.17) is 48.7 Å². The summed E-state index contributed by atoms with van der Waals surface area (Å²) in [4.78, 5) is 34.7. The fourth-order valence-corrected chi connectivity index (χ4v) is 7.16. The lowest BCUT2D eigenvalue weighted by atomic mass is 9.84. The second kappa shape index (κ2) is 31.4. The molecule has 0 amide bonds. The van der Waals surface area contributed by atoms with E-state index in [1.165, 1.54) is 68.8 Å². The Bertz CT molecular complexity index is 2880.